The summed E-state index contributed by atoms with van der Waals surface area (Å²) in [6.07, 6.45) is 8.04. The van der Waals surface area contributed by atoms with E-state index in [4.69, 9.17) is 0 Å². The molecule has 0 bridgehead atoms. The van der Waals surface area contributed by atoms with Crippen LogP contribution in [-0.2, 0) is 6.54 Å². The number of benzene rings is 1. The zero-order valence-corrected chi connectivity index (χ0v) is 19.6. The smallest absolute Gasteiger partial charge is 0.0922 e. The number of imidazole rings is 1. The Balaban J connectivity index is 1.44. The van der Waals surface area contributed by atoms with E-state index >= 15 is 0 Å². The van der Waals surface area contributed by atoms with Crippen LogP contribution < -0.4 is 0 Å². The number of pyridine rings is 1. The number of aromatic amines is 2. The van der Waals surface area contributed by atoms with Gasteiger partial charge in [0, 0.05) is 46.8 Å². The number of rotatable bonds is 5. The van der Waals surface area contributed by atoms with E-state index in [1.165, 1.54) is 57.4 Å². The molecule has 1 aliphatic rings. The molecule has 4 aromatic rings. The highest BCUT2D eigenvalue weighted by Gasteiger charge is 2.23. The Morgan fingerprint density at radius 2 is 1.94 bits per heavy atom. The molecule has 5 nitrogen and oxygen atoms in total. The first-order chi connectivity index (χ1) is 15.5. The maximum absolute atomic E-state index is 4.47. The van der Waals surface area contributed by atoms with Gasteiger partial charge in [-0.3, -0.25) is 9.88 Å². The fourth-order valence-electron chi connectivity index (χ4n) is 5.24. The van der Waals surface area contributed by atoms with Crippen molar-refractivity contribution < 1.29 is 0 Å². The first-order valence-electron chi connectivity index (χ1n) is 11.8. The SMILES string of the molecule is Cc1nccc(-c2[nH]c3ccc(C4CCN(Cc5cnc[nH]5)CC4)cc3c2C(C)C)c1C. The number of nitrogens with one attached hydrogen (secondary N) is 2. The van der Waals surface area contributed by atoms with Crippen molar-refractivity contribution in [2.24, 2.45) is 0 Å². The molecule has 32 heavy (non-hydrogen) atoms. The highest BCUT2D eigenvalue weighted by molar-refractivity contribution is 5.92. The van der Waals surface area contributed by atoms with Crippen LogP contribution in [0.4, 0.5) is 0 Å². The van der Waals surface area contributed by atoms with Crippen molar-refractivity contribution in [3.63, 3.8) is 0 Å². The third-order valence-electron chi connectivity index (χ3n) is 7.17. The van der Waals surface area contributed by atoms with Crippen LogP contribution in [0.3, 0.4) is 0 Å². The normalized spacial score (nSPS) is 15.8. The van der Waals surface area contributed by atoms with E-state index in [0.29, 0.717) is 11.8 Å². The minimum Gasteiger partial charge on any atom is -0.354 e. The fraction of sp³-hybridized carbons (Fsp3) is 0.407. The van der Waals surface area contributed by atoms with Gasteiger partial charge in [-0.05, 0) is 86.5 Å². The lowest BCUT2D eigenvalue weighted by Crippen LogP contribution is -2.32. The number of piperidine rings is 1. The van der Waals surface area contributed by atoms with Gasteiger partial charge in [-0.25, -0.2) is 4.98 Å². The summed E-state index contributed by atoms with van der Waals surface area (Å²) >= 11 is 0. The van der Waals surface area contributed by atoms with E-state index in [-0.39, 0.29) is 0 Å². The summed E-state index contributed by atoms with van der Waals surface area (Å²) in [5.74, 6) is 1.07. The zero-order valence-electron chi connectivity index (χ0n) is 19.6. The molecule has 5 rings (SSSR count). The zero-order chi connectivity index (χ0) is 22.2. The average Bonchev–Trinajstić information content (AvgIpc) is 3.43. The highest BCUT2D eigenvalue weighted by Crippen LogP contribution is 2.39. The maximum atomic E-state index is 4.47. The topological polar surface area (TPSA) is 60.6 Å². The van der Waals surface area contributed by atoms with Crippen LogP contribution in [0.15, 0.2) is 43.0 Å². The van der Waals surface area contributed by atoms with E-state index in [1.54, 1.807) is 6.33 Å². The quantitative estimate of drug-likeness (QED) is 0.406. The lowest BCUT2D eigenvalue weighted by molar-refractivity contribution is 0.203. The van der Waals surface area contributed by atoms with Crippen molar-refractivity contribution in [2.75, 3.05) is 13.1 Å². The molecule has 1 fully saturated rings. The van der Waals surface area contributed by atoms with Gasteiger partial charge in [-0.1, -0.05) is 19.9 Å². The molecular weight excluding hydrogens is 394 g/mol. The van der Waals surface area contributed by atoms with Gasteiger partial charge >= 0.3 is 0 Å². The molecule has 0 atom stereocenters. The van der Waals surface area contributed by atoms with E-state index in [2.05, 4.69) is 76.8 Å². The van der Waals surface area contributed by atoms with Crippen LogP contribution in [0.5, 0.6) is 0 Å². The molecule has 0 aliphatic carbocycles. The third-order valence-corrected chi connectivity index (χ3v) is 7.17. The first-order valence-corrected chi connectivity index (χ1v) is 11.8. The van der Waals surface area contributed by atoms with Crippen molar-refractivity contribution in [1.82, 2.24) is 24.8 Å². The van der Waals surface area contributed by atoms with Gasteiger partial charge < -0.3 is 9.97 Å². The molecule has 166 valence electrons. The maximum Gasteiger partial charge on any atom is 0.0922 e. The first kappa shape index (κ1) is 21.0. The number of aromatic nitrogens is 4. The lowest BCUT2D eigenvalue weighted by atomic mass is 9.87. The third kappa shape index (κ3) is 3.86. The van der Waals surface area contributed by atoms with Gasteiger partial charge in [0.05, 0.1) is 12.0 Å². The number of fused-ring (bicyclic) bond motifs is 1. The summed E-state index contributed by atoms with van der Waals surface area (Å²) in [5.41, 5.74) is 10.2. The van der Waals surface area contributed by atoms with Crippen LogP contribution in [0, 0.1) is 13.8 Å². The second kappa shape index (κ2) is 8.55. The fourth-order valence-corrected chi connectivity index (χ4v) is 5.24. The number of hydrogen-bond acceptors (Lipinski definition) is 3. The highest BCUT2D eigenvalue weighted by atomic mass is 15.1. The van der Waals surface area contributed by atoms with E-state index in [1.807, 2.05) is 12.4 Å². The number of H-pyrrole nitrogens is 2. The number of hydrogen-bond donors (Lipinski definition) is 2. The lowest BCUT2D eigenvalue weighted by Gasteiger charge is -2.31. The predicted octanol–water partition coefficient (Wildman–Crippen LogP) is 6.07. The van der Waals surface area contributed by atoms with Crippen molar-refractivity contribution in [3.05, 3.63) is 71.1 Å². The van der Waals surface area contributed by atoms with Gasteiger partial charge in [0.1, 0.15) is 0 Å². The monoisotopic (exact) mass is 427 g/mol. The number of likely N-dealkylation sites (tertiary alicyclic amines) is 1. The molecule has 1 aromatic carbocycles. The van der Waals surface area contributed by atoms with Crippen molar-refractivity contribution >= 4 is 10.9 Å². The Morgan fingerprint density at radius 1 is 1.12 bits per heavy atom. The molecule has 0 unspecified atom stereocenters. The summed E-state index contributed by atoms with van der Waals surface area (Å²) in [5, 5.41) is 1.38. The Bertz CT molecular complexity index is 1210. The Labute approximate surface area is 190 Å². The van der Waals surface area contributed by atoms with Gasteiger partial charge in [0.2, 0.25) is 0 Å². The molecular formula is C27H33N5. The van der Waals surface area contributed by atoms with Gasteiger partial charge in [-0.15, -0.1) is 0 Å². The molecule has 0 saturated carbocycles. The van der Waals surface area contributed by atoms with Crippen LogP contribution in [-0.4, -0.2) is 37.9 Å². The van der Waals surface area contributed by atoms with Crippen LogP contribution >= 0.6 is 0 Å². The van der Waals surface area contributed by atoms with Gasteiger partial charge in [0.25, 0.3) is 0 Å². The molecule has 4 heterocycles. The minimum absolute atomic E-state index is 0.443. The molecule has 0 radical (unpaired) electrons. The number of aryl methyl sites for hydroxylation is 1. The molecule has 2 N–H and O–H groups in total. The summed E-state index contributed by atoms with van der Waals surface area (Å²) in [6, 6.07) is 9.24. The van der Waals surface area contributed by atoms with Crippen LogP contribution in [0.25, 0.3) is 22.2 Å². The van der Waals surface area contributed by atoms with Gasteiger partial charge in [-0.2, -0.15) is 0 Å². The van der Waals surface area contributed by atoms with Crippen molar-refractivity contribution in [1.29, 1.82) is 0 Å². The largest absolute Gasteiger partial charge is 0.354 e. The Morgan fingerprint density at radius 3 is 2.66 bits per heavy atom. The van der Waals surface area contributed by atoms with Crippen molar-refractivity contribution in [2.45, 2.75) is 58.9 Å². The second-order valence-electron chi connectivity index (χ2n) is 9.57. The molecule has 3 aromatic heterocycles. The van der Waals surface area contributed by atoms with E-state index in [0.717, 1.165) is 25.3 Å². The van der Waals surface area contributed by atoms with Crippen LogP contribution in [0.1, 0.15) is 66.6 Å². The van der Waals surface area contributed by atoms with Crippen molar-refractivity contribution in [3.8, 4) is 11.3 Å². The molecule has 1 saturated heterocycles. The Kier molecular flexibility index (Phi) is 5.60. The summed E-state index contributed by atoms with van der Waals surface area (Å²) in [6.45, 7) is 12.1. The summed E-state index contributed by atoms with van der Waals surface area (Å²) in [7, 11) is 0. The average molecular weight is 428 g/mol. The second-order valence-corrected chi connectivity index (χ2v) is 9.57. The molecule has 5 heteroatoms. The predicted molar refractivity (Wildman–Crippen MR) is 131 cm³/mol. The molecule has 1 aliphatic heterocycles. The molecule has 0 spiro atoms. The minimum atomic E-state index is 0.443. The molecule has 0 amide bonds. The number of nitrogens with zero attached hydrogens (tertiary/aromatic N) is 3. The standard InChI is InChI=1S/C27H33N5/c1-17(2)26-24-13-21(20-8-11-32(12-9-20)15-22-14-28-16-30-22)5-6-25(24)31-27(26)23-7-10-29-19(4)18(23)3/h5-7,10,13-14,16-17,20,31H,8-9,11-12,15H2,1-4H3,(H,28,30). The van der Waals surface area contributed by atoms with E-state index < -0.39 is 0 Å². The Hall–Kier alpha value is -2.92. The summed E-state index contributed by atoms with van der Waals surface area (Å²) in [4.78, 5) is 18.1. The van der Waals surface area contributed by atoms with E-state index in [9.17, 15) is 0 Å². The van der Waals surface area contributed by atoms with Gasteiger partial charge in [0.15, 0.2) is 0 Å². The van der Waals surface area contributed by atoms with Crippen LogP contribution in [0.2, 0.25) is 0 Å². The summed E-state index contributed by atoms with van der Waals surface area (Å²) < 4.78 is 0.